The number of halogens is 4. The molecule has 0 unspecified atom stereocenters. The molecule has 0 atom stereocenters. The van der Waals surface area contributed by atoms with E-state index in [1.165, 1.54) is 29.1 Å². The minimum atomic E-state index is -4.65. The average molecular weight is 439 g/mol. The summed E-state index contributed by atoms with van der Waals surface area (Å²) in [6, 6.07) is 8.51. The molecule has 0 saturated heterocycles. The molecule has 0 saturated carbocycles. The summed E-state index contributed by atoms with van der Waals surface area (Å²) in [5, 5.41) is 4.32. The van der Waals surface area contributed by atoms with E-state index in [4.69, 9.17) is 23.1 Å². The van der Waals surface area contributed by atoms with E-state index in [-0.39, 0.29) is 17.2 Å². The van der Waals surface area contributed by atoms with Gasteiger partial charge in [0.25, 0.3) is 5.91 Å². The van der Waals surface area contributed by atoms with Crippen LogP contribution in [0.3, 0.4) is 0 Å². The van der Waals surface area contributed by atoms with E-state index in [9.17, 15) is 22.8 Å². The Labute approximate surface area is 172 Å². The third-order valence-corrected chi connectivity index (χ3v) is 4.30. The molecule has 3 amide bonds. The molecule has 0 aliphatic carbocycles. The molecule has 1 heterocycles. The lowest BCUT2D eigenvalue weighted by molar-refractivity contribution is -0.137. The zero-order valence-corrected chi connectivity index (χ0v) is 15.8. The molecule has 0 aliphatic rings. The molecule has 0 radical (unpaired) electrons. The highest BCUT2D eigenvalue weighted by molar-refractivity contribution is 6.31. The van der Waals surface area contributed by atoms with Crippen LogP contribution in [0.25, 0.3) is 5.69 Å². The van der Waals surface area contributed by atoms with Crippen LogP contribution in [0.15, 0.2) is 48.8 Å². The largest absolute Gasteiger partial charge is 0.417 e. The Morgan fingerprint density at radius 3 is 2.20 bits per heavy atom. The number of carbonyl (C=O) groups excluding carboxylic acids is 2. The molecule has 1 aromatic heterocycles. The number of anilines is 3. The molecule has 2 aromatic carbocycles. The number of alkyl halides is 3. The standard InChI is InChI=1S/C18H14ClF3N6O2/c19-13-6-3-10(7-12(13)18(20,21)22)27-17(30)26-9-1-4-11(5-2-9)28-8-25-14(15(28)23)16(24)29/h1-8H,23H2,(H2,24,29)(H2,26,27,30). The van der Waals surface area contributed by atoms with Gasteiger partial charge in [0, 0.05) is 17.1 Å². The van der Waals surface area contributed by atoms with E-state index in [2.05, 4.69) is 15.6 Å². The molecule has 6 N–H and O–H groups in total. The summed E-state index contributed by atoms with van der Waals surface area (Å²) < 4.78 is 40.2. The van der Waals surface area contributed by atoms with Gasteiger partial charge in [-0.15, -0.1) is 0 Å². The summed E-state index contributed by atoms with van der Waals surface area (Å²) in [6.07, 6.45) is -3.33. The first-order valence-corrected chi connectivity index (χ1v) is 8.62. The topological polar surface area (TPSA) is 128 Å². The number of nitrogens with one attached hydrogen (secondary N) is 2. The average Bonchev–Trinajstić information content (AvgIpc) is 3.04. The molecule has 30 heavy (non-hydrogen) atoms. The fourth-order valence-electron chi connectivity index (χ4n) is 2.57. The Hall–Kier alpha value is -3.73. The molecule has 3 rings (SSSR count). The number of hydrogen-bond acceptors (Lipinski definition) is 4. The van der Waals surface area contributed by atoms with Gasteiger partial charge in [-0.1, -0.05) is 11.6 Å². The molecule has 3 aromatic rings. The minimum Gasteiger partial charge on any atom is -0.383 e. The highest BCUT2D eigenvalue weighted by Crippen LogP contribution is 2.36. The monoisotopic (exact) mass is 438 g/mol. The van der Waals surface area contributed by atoms with E-state index in [1.807, 2.05) is 0 Å². The maximum atomic E-state index is 12.9. The van der Waals surface area contributed by atoms with Crippen LogP contribution in [0.4, 0.5) is 35.2 Å². The first kappa shape index (κ1) is 21.0. The Kier molecular flexibility index (Phi) is 5.56. The number of nitrogens with two attached hydrogens (primary N) is 2. The SMILES string of the molecule is NC(=O)c1ncn(-c2ccc(NC(=O)Nc3ccc(Cl)c(C(F)(F)F)c3)cc2)c1N. The number of primary amides is 1. The van der Waals surface area contributed by atoms with Crippen LogP contribution >= 0.6 is 11.6 Å². The molecular weight excluding hydrogens is 425 g/mol. The highest BCUT2D eigenvalue weighted by Gasteiger charge is 2.33. The van der Waals surface area contributed by atoms with E-state index in [0.29, 0.717) is 11.4 Å². The third-order valence-electron chi connectivity index (χ3n) is 3.97. The number of nitrogen functional groups attached to an aromatic ring is 1. The number of benzene rings is 2. The molecule has 0 bridgehead atoms. The van der Waals surface area contributed by atoms with Crippen LogP contribution in [-0.4, -0.2) is 21.5 Å². The molecule has 0 spiro atoms. The van der Waals surface area contributed by atoms with Gasteiger partial charge in [0.15, 0.2) is 5.69 Å². The van der Waals surface area contributed by atoms with E-state index in [1.54, 1.807) is 12.1 Å². The zero-order chi connectivity index (χ0) is 22.1. The van der Waals surface area contributed by atoms with Crippen LogP contribution in [0.2, 0.25) is 5.02 Å². The van der Waals surface area contributed by atoms with Gasteiger partial charge in [-0.3, -0.25) is 9.36 Å². The molecule has 0 aliphatic heterocycles. The van der Waals surface area contributed by atoms with Gasteiger partial charge >= 0.3 is 12.2 Å². The number of rotatable bonds is 4. The third kappa shape index (κ3) is 4.46. The number of aromatic nitrogens is 2. The minimum absolute atomic E-state index is 0.0594. The smallest absolute Gasteiger partial charge is 0.383 e. The summed E-state index contributed by atoms with van der Waals surface area (Å²) in [5.41, 5.74) is 10.7. The second-order valence-electron chi connectivity index (χ2n) is 6.03. The fraction of sp³-hybridized carbons (Fsp3) is 0.0556. The molecule has 0 fully saturated rings. The number of hydrogen-bond donors (Lipinski definition) is 4. The maximum absolute atomic E-state index is 12.9. The van der Waals surface area contributed by atoms with Crippen molar-refractivity contribution >= 4 is 40.7 Å². The van der Waals surface area contributed by atoms with Crippen molar-refractivity contribution in [2.24, 2.45) is 5.73 Å². The summed E-state index contributed by atoms with van der Waals surface area (Å²) in [6.45, 7) is 0. The Morgan fingerprint density at radius 1 is 1.03 bits per heavy atom. The van der Waals surface area contributed by atoms with Gasteiger partial charge in [0.1, 0.15) is 12.1 Å². The van der Waals surface area contributed by atoms with E-state index < -0.39 is 28.7 Å². The number of amides is 3. The lowest BCUT2D eigenvalue weighted by atomic mass is 10.2. The van der Waals surface area contributed by atoms with Gasteiger partial charge in [0.05, 0.1) is 10.6 Å². The van der Waals surface area contributed by atoms with Crippen molar-refractivity contribution in [2.45, 2.75) is 6.18 Å². The van der Waals surface area contributed by atoms with Crippen LogP contribution < -0.4 is 22.1 Å². The Morgan fingerprint density at radius 2 is 1.63 bits per heavy atom. The van der Waals surface area contributed by atoms with Crippen LogP contribution in [0, 0.1) is 0 Å². The first-order chi connectivity index (χ1) is 14.1. The second-order valence-corrected chi connectivity index (χ2v) is 6.44. The second kappa shape index (κ2) is 7.95. The maximum Gasteiger partial charge on any atom is 0.417 e. The highest BCUT2D eigenvalue weighted by atomic mass is 35.5. The lowest BCUT2D eigenvalue weighted by Crippen LogP contribution is -2.20. The van der Waals surface area contributed by atoms with Crippen molar-refractivity contribution in [3.05, 3.63) is 65.1 Å². The quantitative estimate of drug-likeness (QED) is 0.493. The summed E-state index contributed by atoms with van der Waals surface area (Å²) in [5.74, 6) is -0.707. The van der Waals surface area contributed by atoms with E-state index in [0.717, 1.165) is 12.1 Å². The van der Waals surface area contributed by atoms with Gasteiger partial charge in [-0.25, -0.2) is 9.78 Å². The first-order valence-electron chi connectivity index (χ1n) is 8.24. The lowest BCUT2D eigenvalue weighted by Gasteiger charge is -2.12. The summed E-state index contributed by atoms with van der Waals surface area (Å²) >= 11 is 5.55. The van der Waals surface area contributed by atoms with E-state index >= 15 is 0 Å². The van der Waals surface area contributed by atoms with Gasteiger partial charge in [-0.05, 0) is 42.5 Å². The van der Waals surface area contributed by atoms with Crippen molar-refractivity contribution in [1.29, 1.82) is 0 Å². The molecular formula is C18H14ClF3N6O2. The summed E-state index contributed by atoms with van der Waals surface area (Å²) in [7, 11) is 0. The predicted octanol–water partition coefficient (Wildman–Crippen LogP) is 3.87. The Balaban J connectivity index is 1.70. The fourth-order valence-corrected chi connectivity index (χ4v) is 2.80. The van der Waals surface area contributed by atoms with Crippen molar-refractivity contribution in [3.8, 4) is 5.69 Å². The molecule has 8 nitrogen and oxygen atoms in total. The van der Waals surface area contributed by atoms with Crippen LogP contribution in [-0.2, 0) is 6.18 Å². The van der Waals surface area contributed by atoms with Crippen molar-refractivity contribution < 1.29 is 22.8 Å². The van der Waals surface area contributed by atoms with Crippen molar-refractivity contribution in [2.75, 3.05) is 16.4 Å². The van der Waals surface area contributed by atoms with Gasteiger partial charge in [0.2, 0.25) is 0 Å². The number of imidazole rings is 1. The molecule has 156 valence electrons. The van der Waals surface area contributed by atoms with Gasteiger partial charge in [-0.2, -0.15) is 13.2 Å². The number of urea groups is 1. The van der Waals surface area contributed by atoms with Crippen LogP contribution in [0.1, 0.15) is 16.1 Å². The molecule has 12 heteroatoms. The van der Waals surface area contributed by atoms with Crippen LogP contribution in [0.5, 0.6) is 0 Å². The van der Waals surface area contributed by atoms with Gasteiger partial charge < -0.3 is 22.1 Å². The Bertz CT molecular complexity index is 1110. The van der Waals surface area contributed by atoms with Crippen molar-refractivity contribution in [3.63, 3.8) is 0 Å². The predicted molar refractivity (Wildman–Crippen MR) is 106 cm³/mol. The van der Waals surface area contributed by atoms with Crippen molar-refractivity contribution in [1.82, 2.24) is 9.55 Å². The summed E-state index contributed by atoms with van der Waals surface area (Å²) in [4.78, 5) is 27.2. The zero-order valence-electron chi connectivity index (χ0n) is 15.0. The number of carbonyl (C=O) groups is 2. The normalized spacial score (nSPS) is 11.2. The number of nitrogens with zero attached hydrogens (tertiary/aromatic N) is 2.